The summed E-state index contributed by atoms with van der Waals surface area (Å²) in [4.78, 5) is 29.9. The molecule has 2 fully saturated rings. The first kappa shape index (κ1) is 12.1. The highest BCUT2D eigenvalue weighted by atomic mass is 16.2. The van der Waals surface area contributed by atoms with Gasteiger partial charge in [0.25, 0.3) is 0 Å². The molecule has 100 valence electrons. The SMILES string of the molecule is Nc1cccnc1N1C(=O)CC2(CCCC2)CC1=O. The molecule has 1 aromatic heterocycles. The maximum atomic E-state index is 12.3. The number of amides is 2. The van der Waals surface area contributed by atoms with Crippen molar-refractivity contribution in [1.82, 2.24) is 4.98 Å². The molecule has 1 aromatic rings. The van der Waals surface area contributed by atoms with Crippen LogP contribution in [0.2, 0.25) is 0 Å². The number of anilines is 2. The Hall–Kier alpha value is -1.91. The van der Waals surface area contributed by atoms with Crippen LogP contribution in [0.25, 0.3) is 0 Å². The van der Waals surface area contributed by atoms with Gasteiger partial charge in [-0.25, -0.2) is 9.88 Å². The lowest BCUT2D eigenvalue weighted by atomic mass is 9.76. The van der Waals surface area contributed by atoms with Crippen LogP contribution in [-0.2, 0) is 9.59 Å². The van der Waals surface area contributed by atoms with E-state index in [1.54, 1.807) is 18.3 Å². The first-order valence-electron chi connectivity index (χ1n) is 6.68. The summed E-state index contributed by atoms with van der Waals surface area (Å²) in [6.45, 7) is 0. The number of carbonyl (C=O) groups is 2. The summed E-state index contributed by atoms with van der Waals surface area (Å²) >= 11 is 0. The average Bonchev–Trinajstić information content (AvgIpc) is 2.78. The van der Waals surface area contributed by atoms with E-state index in [2.05, 4.69) is 4.98 Å². The van der Waals surface area contributed by atoms with Crippen LogP contribution in [-0.4, -0.2) is 16.8 Å². The Kier molecular flexibility index (Phi) is 2.77. The quantitative estimate of drug-likeness (QED) is 0.781. The van der Waals surface area contributed by atoms with Gasteiger partial charge in [0.1, 0.15) is 0 Å². The third kappa shape index (κ3) is 1.99. The Balaban J connectivity index is 1.91. The molecule has 2 aliphatic rings. The van der Waals surface area contributed by atoms with E-state index in [1.165, 1.54) is 4.90 Å². The molecule has 1 saturated carbocycles. The number of carbonyl (C=O) groups excluding carboxylic acids is 2. The Bertz CT molecular complexity index is 515. The second-order valence-corrected chi connectivity index (χ2v) is 5.60. The first-order chi connectivity index (χ1) is 9.11. The molecule has 5 nitrogen and oxygen atoms in total. The van der Waals surface area contributed by atoms with Gasteiger partial charge in [-0.3, -0.25) is 9.59 Å². The molecular formula is C14H17N3O2. The Morgan fingerprint density at radius 1 is 1.16 bits per heavy atom. The molecule has 0 bridgehead atoms. The zero-order valence-corrected chi connectivity index (χ0v) is 10.8. The first-order valence-corrected chi connectivity index (χ1v) is 6.68. The molecule has 1 spiro atoms. The van der Waals surface area contributed by atoms with Crippen LogP contribution < -0.4 is 10.6 Å². The van der Waals surface area contributed by atoms with Crippen molar-refractivity contribution in [2.45, 2.75) is 38.5 Å². The van der Waals surface area contributed by atoms with E-state index in [4.69, 9.17) is 5.73 Å². The van der Waals surface area contributed by atoms with E-state index in [-0.39, 0.29) is 23.0 Å². The highest BCUT2D eigenvalue weighted by Gasteiger charge is 2.46. The number of rotatable bonds is 1. The van der Waals surface area contributed by atoms with Crippen LogP contribution in [0.1, 0.15) is 38.5 Å². The van der Waals surface area contributed by atoms with Crippen molar-refractivity contribution >= 4 is 23.3 Å². The van der Waals surface area contributed by atoms with Crippen LogP contribution in [0.4, 0.5) is 11.5 Å². The standard InChI is InChI=1S/C14H17N3O2/c15-10-4-3-7-16-13(10)17-11(18)8-14(9-12(17)19)5-1-2-6-14/h3-4,7H,1-2,5-6,8-9,15H2. The molecule has 0 atom stereocenters. The summed E-state index contributed by atoms with van der Waals surface area (Å²) in [5.74, 6) is -0.0440. The minimum atomic E-state index is -0.163. The van der Waals surface area contributed by atoms with Crippen LogP contribution in [0, 0.1) is 5.41 Å². The predicted octanol–water partition coefficient (Wildman–Crippen LogP) is 1.88. The molecule has 1 aliphatic heterocycles. The van der Waals surface area contributed by atoms with Crippen molar-refractivity contribution in [2.24, 2.45) is 5.41 Å². The minimum absolute atomic E-state index is 0.0891. The molecule has 1 saturated heterocycles. The molecule has 2 heterocycles. The van der Waals surface area contributed by atoms with Crippen molar-refractivity contribution < 1.29 is 9.59 Å². The molecule has 0 unspecified atom stereocenters. The van der Waals surface area contributed by atoms with Gasteiger partial charge in [0, 0.05) is 19.0 Å². The van der Waals surface area contributed by atoms with E-state index in [0.29, 0.717) is 18.5 Å². The normalized spacial score (nSPS) is 22.2. The highest BCUT2D eigenvalue weighted by Crippen LogP contribution is 2.47. The van der Waals surface area contributed by atoms with Gasteiger partial charge in [0.05, 0.1) is 5.69 Å². The monoisotopic (exact) mass is 259 g/mol. The van der Waals surface area contributed by atoms with Crippen molar-refractivity contribution in [3.63, 3.8) is 0 Å². The Morgan fingerprint density at radius 2 is 1.79 bits per heavy atom. The van der Waals surface area contributed by atoms with E-state index >= 15 is 0 Å². The number of pyridine rings is 1. The predicted molar refractivity (Wildman–Crippen MR) is 71.3 cm³/mol. The van der Waals surface area contributed by atoms with Gasteiger partial charge < -0.3 is 5.73 Å². The van der Waals surface area contributed by atoms with Gasteiger partial charge in [-0.1, -0.05) is 12.8 Å². The van der Waals surface area contributed by atoms with E-state index in [1.807, 2.05) is 0 Å². The number of hydrogen-bond donors (Lipinski definition) is 1. The summed E-state index contributed by atoms with van der Waals surface area (Å²) in [6, 6.07) is 3.35. The second kappa shape index (κ2) is 4.33. The second-order valence-electron chi connectivity index (χ2n) is 5.60. The van der Waals surface area contributed by atoms with Gasteiger partial charge >= 0.3 is 0 Å². The lowest BCUT2D eigenvalue weighted by Crippen LogP contribution is -2.48. The Labute approximate surface area is 111 Å². The zero-order valence-electron chi connectivity index (χ0n) is 10.8. The highest BCUT2D eigenvalue weighted by molar-refractivity contribution is 6.17. The van der Waals surface area contributed by atoms with Crippen molar-refractivity contribution in [2.75, 3.05) is 10.6 Å². The lowest BCUT2D eigenvalue weighted by molar-refractivity contribution is -0.133. The Morgan fingerprint density at radius 3 is 2.37 bits per heavy atom. The van der Waals surface area contributed by atoms with Gasteiger partial charge in [0.15, 0.2) is 5.82 Å². The van der Waals surface area contributed by atoms with Gasteiger partial charge in [-0.15, -0.1) is 0 Å². The molecule has 1 aliphatic carbocycles. The van der Waals surface area contributed by atoms with Crippen LogP contribution in [0.3, 0.4) is 0 Å². The number of nitrogens with zero attached hydrogens (tertiary/aromatic N) is 2. The number of hydrogen-bond acceptors (Lipinski definition) is 4. The summed E-state index contributed by atoms with van der Waals surface area (Å²) in [7, 11) is 0. The van der Waals surface area contributed by atoms with Gasteiger partial charge in [0.2, 0.25) is 11.8 Å². The van der Waals surface area contributed by atoms with E-state index in [9.17, 15) is 9.59 Å². The number of nitrogens with two attached hydrogens (primary N) is 1. The molecule has 19 heavy (non-hydrogen) atoms. The fraction of sp³-hybridized carbons (Fsp3) is 0.500. The average molecular weight is 259 g/mol. The van der Waals surface area contributed by atoms with E-state index in [0.717, 1.165) is 25.7 Å². The van der Waals surface area contributed by atoms with Gasteiger partial charge in [-0.05, 0) is 30.4 Å². The molecule has 0 aromatic carbocycles. The minimum Gasteiger partial charge on any atom is -0.396 e. The zero-order chi connectivity index (χ0) is 13.5. The van der Waals surface area contributed by atoms with Gasteiger partial charge in [-0.2, -0.15) is 0 Å². The summed E-state index contributed by atoms with van der Waals surface area (Å²) in [5, 5.41) is 0. The molecule has 2 N–H and O–H groups in total. The van der Waals surface area contributed by atoms with Crippen molar-refractivity contribution in [3.8, 4) is 0 Å². The van der Waals surface area contributed by atoms with Crippen LogP contribution in [0.5, 0.6) is 0 Å². The van der Waals surface area contributed by atoms with Crippen LogP contribution in [0.15, 0.2) is 18.3 Å². The number of nitrogen functional groups attached to an aromatic ring is 1. The largest absolute Gasteiger partial charge is 0.396 e. The van der Waals surface area contributed by atoms with Crippen LogP contribution >= 0.6 is 0 Å². The lowest BCUT2D eigenvalue weighted by Gasteiger charge is -2.36. The number of imide groups is 1. The molecular weight excluding hydrogens is 242 g/mol. The molecule has 0 radical (unpaired) electrons. The summed E-state index contributed by atoms with van der Waals surface area (Å²) in [6.07, 6.45) is 6.63. The maximum Gasteiger partial charge on any atom is 0.235 e. The smallest absolute Gasteiger partial charge is 0.235 e. The van der Waals surface area contributed by atoms with Crippen molar-refractivity contribution in [3.05, 3.63) is 18.3 Å². The number of aromatic nitrogens is 1. The summed E-state index contributed by atoms with van der Waals surface area (Å²) in [5.41, 5.74) is 6.09. The topological polar surface area (TPSA) is 76.3 Å². The number of piperidine rings is 1. The van der Waals surface area contributed by atoms with Crippen molar-refractivity contribution in [1.29, 1.82) is 0 Å². The fourth-order valence-corrected chi connectivity index (χ4v) is 3.31. The molecule has 3 rings (SSSR count). The summed E-state index contributed by atoms with van der Waals surface area (Å²) < 4.78 is 0. The maximum absolute atomic E-state index is 12.3. The molecule has 2 amide bonds. The third-order valence-electron chi connectivity index (χ3n) is 4.24. The fourth-order valence-electron chi connectivity index (χ4n) is 3.31. The third-order valence-corrected chi connectivity index (χ3v) is 4.24. The molecule has 5 heteroatoms. The van der Waals surface area contributed by atoms with E-state index < -0.39 is 0 Å².